The van der Waals surface area contributed by atoms with E-state index in [-0.39, 0.29) is 18.4 Å². The van der Waals surface area contributed by atoms with Gasteiger partial charge in [-0.1, -0.05) is 35.3 Å². The molecule has 38 heavy (non-hydrogen) atoms. The van der Waals surface area contributed by atoms with E-state index >= 15 is 0 Å². The van der Waals surface area contributed by atoms with E-state index < -0.39 is 5.60 Å². The summed E-state index contributed by atoms with van der Waals surface area (Å²) in [5.74, 6) is 0.285. The maximum absolute atomic E-state index is 13.0. The Labute approximate surface area is 230 Å². The van der Waals surface area contributed by atoms with Gasteiger partial charge in [-0.05, 0) is 68.8 Å². The molecule has 0 aliphatic carbocycles. The molecule has 0 spiro atoms. The van der Waals surface area contributed by atoms with Crippen LogP contribution in [0.1, 0.15) is 48.8 Å². The number of amides is 1. The van der Waals surface area contributed by atoms with Crippen molar-refractivity contribution in [2.75, 3.05) is 0 Å². The van der Waals surface area contributed by atoms with Gasteiger partial charge in [-0.3, -0.25) is 9.89 Å². The molecule has 3 heterocycles. The van der Waals surface area contributed by atoms with E-state index in [2.05, 4.69) is 21.6 Å². The number of nitrogens with one attached hydrogen (secondary N) is 2. The molecular formula is C29H25Cl2N5O2. The van der Waals surface area contributed by atoms with Crippen LogP contribution in [-0.2, 0) is 11.2 Å². The van der Waals surface area contributed by atoms with Crippen molar-refractivity contribution in [3.63, 3.8) is 0 Å². The minimum Gasteiger partial charge on any atom is -0.471 e. The van der Waals surface area contributed by atoms with Crippen LogP contribution in [0.5, 0.6) is 5.88 Å². The van der Waals surface area contributed by atoms with Crippen LogP contribution in [0.2, 0.25) is 10.0 Å². The molecular weight excluding hydrogens is 521 g/mol. The molecule has 4 aromatic rings. The monoisotopic (exact) mass is 545 g/mol. The number of aromatic nitrogens is 3. The highest BCUT2D eigenvalue weighted by atomic mass is 35.5. The van der Waals surface area contributed by atoms with Crippen LogP contribution < -0.4 is 10.1 Å². The molecule has 1 aliphatic heterocycles. The predicted octanol–water partition coefficient (Wildman–Crippen LogP) is 6.59. The van der Waals surface area contributed by atoms with Crippen molar-refractivity contribution in [2.24, 2.45) is 0 Å². The molecule has 1 aliphatic rings. The molecule has 2 N–H and O–H groups in total. The number of aromatic amines is 1. The van der Waals surface area contributed by atoms with Crippen molar-refractivity contribution >= 4 is 29.1 Å². The summed E-state index contributed by atoms with van der Waals surface area (Å²) in [6.07, 6.45) is 0.720. The molecule has 0 radical (unpaired) electrons. The van der Waals surface area contributed by atoms with E-state index in [4.69, 9.17) is 32.9 Å². The molecule has 7 nitrogen and oxygen atoms in total. The molecule has 0 saturated heterocycles. The zero-order valence-electron chi connectivity index (χ0n) is 21.1. The van der Waals surface area contributed by atoms with E-state index in [1.165, 1.54) is 0 Å². The quantitative estimate of drug-likeness (QED) is 0.294. The molecule has 0 unspecified atom stereocenters. The van der Waals surface area contributed by atoms with E-state index in [9.17, 15) is 10.1 Å². The lowest BCUT2D eigenvalue weighted by molar-refractivity contribution is -0.121. The van der Waals surface area contributed by atoms with E-state index in [0.29, 0.717) is 44.9 Å². The van der Waals surface area contributed by atoms with Crippen molar-refractivity contribution < 1.29 is 9.53 Å². The number of nitrogens with zero attached hydrogens (tertiary/aromatic N) is 3. The second-order valence-corrected chi connectivity index (χ2v) is 10.8. The fraction of sp³-hybridized carbons (Fsp3) is 0.241. The zero-order valence-corrected chi connectivity index (χ0v) is 22.6. The Bertz CT molecular complexity index is 1570. The third-order valence-electron chi connectivity index (χ3n) is 6.40. The van der Waals surface area contributed by atoms with Crippen molar-refractivity contribution in [3.05, 3.63) is 87.2 Å². The Morgan fingerprint density at radius 3 is 2.58 bits per heavy atom. The molecule has 2 aromatic heterocycles. The van der Waals surface area contributed by atoms with Crippen molar-refractivity contribution in [2.45, 2.75) is 45.3 Å². The first-order chi connectivity index (χ1) is 18.1. The van der Waals surface area contributed by atoms with E-state index in [1.807, 2.05) is 57.2 Å². The fourth-order valence-corrected chi connectivity index (χ4v) is 5.08. The summed E-state index contributed by atoms with van der Waals surface area (Å²) >= 11 is 12.8. The number of fused-ring (bicyclic) bond motifs is 1. The van der Waals surface area contributed by atoms with Gasteiger partial charge in [-0.2, -0.15) is 10.4 Å². The number of hydrogen-bond acceptors (Lipinski definition) is 5. The van der Waals surface area contributed by atoms with Gasteiger partial charge in [0.05, 0.1) is 40.5 Å². The maximum Gasteiger partial charge on any atom is 0.226 e. The van der Waals surface area contributed by atoms with Crippen molar-refractivity contribution in [3.8, 4) is 34.3 Å². The number of ether oxygens (including phenoxy) is 1. The summed E-state index contributed by atoms with van der Waals surface area (Å²) in [5, 5.41) is 20.5. The summed E-state index contributed by atoms with van der Waals surface area (Å²) < 4.78 is 6.31. The highest BCUT2D eigenvalue weighted by Crippen LogP contribution is 2.44. The molecule has 192 valence electrons. The van der Waals surface area contributed by atoms with Crippen LogP contribution in [0.3, 0.4) is 0 Å². The number of rotatable bonds is 5. The SMILES string of the molecule is Cc1cc(CC(=O)N[C@@H]2CC(C)(C)Oc3nc(-c4ccc(C#N)cc4Cl)c(-c4ccc(Cl)cc4)cc32)n[nH]1. The number of H-pyrrole nitrogens is 1. The van der Waals surface area contributed by atoms with Crippen molar-refractivity contribution in [1.82, 2.24) is 20.5 Å². The first-order valence-electron chi connectivity index (χ1n) is 12.1. The number of pyridine rings is 1. The predicted molar refractivity (Wildman–Crippen MR) is 147 cm³/mol. The Morgan fingerprint density at radius 2 is 1.92 bits per heavy atom. The molecule has 0 saturated carbocycles. The van der Waals surface area contributed by atoms with Gasteiger partial charge in [0, 0.05) is 33.8 Å². The van der Waals surface area contributed by atoms with Crippen LogP contribution in [0.4, 0.5) is 0 Å². The highest BCUT2D eigenvalue weighted by molar-refractivity contribution is 6.33. The second kappa shape index (κ2) is 10.1. The van der Waals surface area contributed by atoms with Crippen LogP contribution in [0, 0.1) is 18.3 Å². The van der Waals surface area contributed by atoms with Gasteiger partial charge in [0.25, 0.3) is 0 Å². The molecule has 0 bridgehead atoms. The largest absolute Gasteiger partial charge is 0.471 e. The molecule has 1 atom stereocenters. The number of nitriles is 1. The van der Waals surface area contributed by atoms with Crippen LogP contribution >= 0.6 is 23.2 Å². The van der Waals surface area contributed by atoms with Crippen LogP contribution in [0.15, 0.2) is 54.6 Å². The van der Waals surface area contributed by atoms with Gasteiger partial charge in [-0.25, -0.2) is 4.98 Å². The number of carbonyl (C=O) groups excluding carboxylic acids is 1. The molecule has 5 rings (SSSR count). The third kappa shape index (κ3) is 5.38. The number of halogens is 2. The second-order valence-electron chi connectivity index (χ2n) is 10.00. The lowest BCUT2D eigenvalue weighted by atomic mass is 9.88. The number of aryl methyl sites for hydroxylation is 1. The van der Waals surface area contributed by atoms with Gasteiger partial charge in [-0.15, -0.1) is 0 Å². The van der Waals surface area contributed by atoms with Gasteiger partial charge < -0.3 is 10.1 Å². The van der Waals surface area contributed by atoms with Crippen LogP contribution in [0.25, 0.3) is 22.4 Å². The summed E-state index contributed by atoms with van der Waals surface area (Å²) in [7, 11) is 0. The summed E-state index contributed by atoms with van der Waals surface area (Å²) in [5.41, 5.74) is 5.18. The smallest absolute Gasteiger partial charge is 0.226 e. The van der Waals surface area contributed by atoms with Gasteiger partial charge >= 0.3 is 0 Å². The summed E-state index contributed by atoms with van der Waals surface area (Å²) in [6.45, 7) is 5.83. The first kappa shape index (κ1) is 25.8. The van der Waals surface area contributed by atoms with Crippen molar-refractivity contribution in [1.29, 1.82) is 5.26 Å². The topological polar surface area (TPSA) is 104 Å². The standard InChI is InChI=1S/C29H25Cl2N5O2/c1-16-10-20(36-35-16)12-26(37)33-25-14-29(2,3)38-28-23(25)13-22(18-5-7-19(30)8-6-18)27(34-28)21-9-4-17(15-32)11-24(21)31/h4-11,13,25H,12,14H2,1-3H3,(H,33,37)(H,35,36)/t25-/m1/s1. The number of hydrogen-bond donors (Lipinski definition) is 2. The number of carbonyl (C=O) groups is 1. The first-order valence-corrected chi connectivity index (χ1v) is 12.9. The summed E-state index contributed by atoms with van der Waals surface area (Å²) in [6, 6.07) is 18.2. The molecule has 1 amide bonds. The lowest BCUT2D eigenvalue weighted by Gasteiger charge is -2.37. The van der Waals surface area contributed by atoms with Crippen LogP contribution in [-0.4, -0.2) is 26.7 Å². The van der Waals surface area contributed by atoms with Gasteiger partial charge in [0.2, 0.25) is 11.8 Å². The Kier molecular flexibility index (Phi) is 6.87. The fourth-order valence-electron chi connectivity index (χ4n) is 4.68. The van der Waals surface area contributed by atoms with Gasteiger partial charge in [0.15, 0.2) is 0 Å². The summed E-state index contributed by atoms with van der Waals surface area (Å²) in [4.78, 5) is 18.0. The third-order valence-corrected chi connectivity index (χ3v) is 6.97. The highest BCUT2D eigenvalue weighted by Gasteiger charge is 2.37. The minimum absolute atomic E-state index is 0.141. The molecule has 9 heteroatoms. The maximum atomic E-state index is 13.0. The molecule has 2 aromatic carbocycles. The average molecular weight is 546 g/mol. The lowest BCUT2D eigenvalue weighted by Crippen LogP contribution is -2.42. The Hall–Kier alpha value is -3.86. The normalized spacial score (nSPS) is 15.7. The Balaban J connectivity index is 1.61. The average Bonchev–Trinajstić information content (AvgIpc) is 3.27. The Morgan fingerprint density at radius 1 is 1.16 bits per heavy atom. The minimum atomic E-state index is -0.575. The van der Waals surface area contributed by atoms with Gasteiger partial charge in [0.1, 0.15) is 5.60 Å². The molecule has 0 fully saturated rings. The number of benzene rings is 2. The van der Waals surface area contributed by atoms with E-state index in [0.717, 1.165) is 22.4 Å². The zero-order chi connectivity index (χ0) is 27.0. The van der Waals surface area contributed by atoms with E-state index in [1.54, 1.807) is 18.2 Å².